The van der Waals surface area contributed by atoms with Crippen LogP contribution in [0.3, 0.4) is 0 Å². The molecule has 4 nitrogen and oxygen atoms in total. The first-order valence-corrected chi connectivity index (χ1v) is 7.02. The largest absolute Gasteiger partial charge is 0.395 e. The lowest BCUT2D eigenvalue weighted by Crippen LogP contribution is -2.42. The van der Waals surface area contributed by atoms with Crippen LogP contribution in [-0.4, -0.2) is 42.3 Å². The van der Waals surface area contributed by atoms with Gasteiger partial charge < -0.3 is 15.3 Å². The van der Waals surface area contributed by atoms with Crippen LogP contribution in [0.1, 0.15) is 5.56 Å². The molecular formula is C14H18Cl2N2O2. The van der Waals surface area contributed by atoms with Gasteiger partial charge in [-0.1, -0.05) is 29.3 Å². The molecule has 1 aromatic carbocycles. The van der Waals surface area contributed by atoms with Crippen molar-refractivity contribution in [2.24, 2.45) is 0 Å². The molecule has 0 radical (unpaired) electrons. The van der Waals surface area contributed by atoms with Crippen LogP contribution in [0.15, 0.2) is 30.9 Å². The van der Waals surface area contributed by atoms with Crippen molar-refractivity contribution in [2.75, 3.05) is 26.2 Å². The first kappa shape index (κ1) is 16.8. The van der Waals surface area contributed by atoms with Gasteiger partial charge in [0, 0.05) is 29.7 Å². The molecule has 0 atom stereocenters. The number of rotatable bonds is 7. The molecule has 1 rings (SSSR count). The minimum Gasteiger partial charge on any atom is -0.395 e. The molecule has 0 spiro atoms. The van der Waals surface area contributed by atoms with Crippen LogP contribution in [0.5, 0.6) is 0 Å². The second kappa shape index (κ2) is 8.84. The van der Waals surface area contributed by atoms with Crippen LogP contribution in [0.2, 0.25) is 10.0 Å². The topological polar surface area (TPSA) is 52.6 Å². The molecule has 0 aliphatic carbocycles. The number of halogens is 2. The van der Waals surface area contributed by atoms with Crippen LogP contribution in [0.4, 0.5) is 4.79 Å². The van der Waals surface area contributed by atoms with E-state index in [4.69, 9.17) is 28.3 Å². The molecule has 0 aromatic heterocycles. The molecule has 20 heavy (non-hydrogen) atoms. The van der Waals surface area contributed by atoms with Gasteiger partial charge in [0.25, 0.3) is 0 Å². The molecule has 0 unspecified atom stereocenters. The number of carbonyl (C=O) groups excluding carboxylic acids is 1. The van der Waals surface area contributed by atoms with Gasteiger partial charge in [-0.05, 0) is 30.2 Å². The summed E-state index contributed by atoms with van der Waals surface area (Å²) in [6, 6.07) is 5.06. The van der Waals surface area contributed by atoms with Gasteiger partial charge in [0.2, 0.25) is 0 Å². The van der Waals surface area contributed by atoms with Crippen molar-refractivity contribution in [2.45, 2.75) is 6.42 Å². The molecule has 0 saturated heterocycles. The normalized spacial score (nSPS) is 10.2. The maximum absolute atomic E-state index is 11.9. The third-order valence-corrected chi connectivity index (χ3v) is 3.06. The molecule has 6 heteroatoms. The van der Waals surface area contributed by atoms with Gasteiger partial charge in [-0.2, -0.15) is 0 Å². The fraction of sp³-hybridized carbons (Fsp3) is 0.357. The van der Waals surface area contributed by atoms with E-state index in [1.807, 2.05) is 12.1 Å². The van der Waals surface area contributed by atoms with E-state index < -0.39 is 0 Å². The summed E-state index contributed by atoms with van der Waals surface area (Å²) in [6.45, 7) is 4.65. The molecular weight excluding hydrogens is 299 g/mol. The lowest BCUT2D eigenvalue weighted by Gasteiger charge is -2.20. The van der Waals surface area contributed by atoms with Gasteiger partial charge >= 0.3 is 6.03 Å². The smallest absolute Gasteiger partial charge is 0.317 e. The number of amides is 2. The maximum Gasteiger partial charge on any atom is 0.317 e. The lowest BCUT2D eigenvalue weighted by molar-refractivity contribution is 0.184. The maximum atomic E-state index is 11.9. The Hall–Kier alpha value is -1.23. The minimum absolute atomic E-state index is 0.0782. The van der Waals surface area contributed by atoms with Crippen molar-refractivity contribution < 1.29 is 9.90 Å². The Balaban J connectivity index is 2.45. The van der Waals surface area contributed by atoms with Gasteiger partial charge in [0.05, 0.1) is 6.61 Å². The summed E-state index contributed by atoms with van der Waals surface area (Å²) < 4.78 is 0. The van der Waals surface area contributed by atoms with E-state index in [0.29, 0.717) is 29.6 Å². The fourth-order valence-electron chi connectivity index (χ4n) is 1.73. The Labute approximate surface area is 129 Å². The Kier molecular flexibility index (Phi) is 7.44. The van der Waals surface area contributed by atoms with Crippen molar-refractivity contribution in [1.29, 1.82) is 0 Å². The van der Waals surface area contributed by atoms with E-state index in [0.717, 1.165) is 5.56 Å². The number of hydrogen-bond donors (Lipinski definition) is 2. The highest BCUT2D eigenvalue weighted by Crippen LogP contribution is 2.19. The number of nitrogens with zero attached hydrogens (tertiary/aromatic N) is 1. The van der Waals surface area contributed by atoms with E-state index in [1.54, 1.807) is 12.1 Å². The Morgan fingerprint density at radius 3 is 2.55 bits per heavy atom. The molecule has 0 saturated carbocycles. The van der Waals surface area contributed by atoms with Gasteiger partial charge in [0.15, 0.2) is 0 Å². The summed E-state index contributed by atoms with van der Waals surface area (Å²) in [5, 5.41) is 12.8. The highest BCUT2D eigenvalue weighted by Gasteiger charge is 2.10. The fourth-order valence-corrected chi connectivity index (χ4v) is 2.30. The van der Waals surface area contributed by atoms with E-state index in [-0.39, 0.29) is 19.2 Å². The summed E-state index contributed by atoms with van der Waals surface area (Å²) in [5.74, 6) is 0. The van der Waals surface area contributed by atoms with Crippen LogP contribution in [0.25, 0.3) is 0 Å². The predicted molar refractivity (Wildman–Crippen MR) is 82.4 cm³/mol. The predicted octanol–water partition coefficient (Wildman–Crippen LogP) is 2.73. The van der Waals surface area contributed by atoms with E-state index in [1.165, 1.54) is 4.90 Å². The third-order valence-electron chi connectivity index (χ3n) is 2.62. The zero-order chi connectivity index (χ0) is 15.0. The van der Waals surface area contributed by atoms with Crippen molar-refractivity contribution in [1.82, 2.24) is 10.2 Å². The average molecular weight is 317 g/mol. The van der Waals surface area contributed by atoms with Crippen LogP contribution >= 0.6 is 23.2 Å². The highest BCUT2D eigenvalue weighted by molar-refractivity contribution is 6.34. The summed E-state index contributed by atoms with van der Waals surface area (Å²) in [7, 11) is 0. The number of aliphatic hydroxyl groups excluding tert-OH is 1. The zero-order valence-corrected chi connectivity index (χ0v) is 12.6. The molecule has 2 N–H and O–H groups in total. The van der Waals surface area contributed by atoms with Gasteiger partial charge in [-0.25, -0.2) is 4.79 Å². The first-order valence-electron chi connectivity index (χ1n) is 6.26. The SMILES string of the molecule is C=CCN(CCO)C(=O)NCCc1cc(Cl)cc(Cl)c1. The van der Waals surface area contributed by atoms with Crippen LogP contribution < -0.4 is 5.32 Å². The molecule has 0 aliphatic rings. The second-order valence-electron chi connectivity index (χ2n) is 4.22. The molecule has 0 aliphatic heterocycles. The van der Waals surface area contributed by atoms with E-state index >= 15 is 0 Å². The van der Waals surface area contributed by atoms with Crippen molar-refractivity contribution in [3.8, 4) is 0 Å². The van der Waals surface area contributed by atoms with Crippen LogP contribution in [0, 0.1) is 0 Å². The Morgan fingerprint density at radius 1 is 1.35 bits per heavy atom. The molecule has 0 bridgehead atoms. The molecule has 1 aromatic rings. The highest BCUT2D eigenvalue weighted by atomic mass is 35.5. The summed E-state index contributed by atoms with van der Waals surface area (Å²) in [6.07, 6.45) is 2.25. The van der Waals surface area contributed by atoms with Gasteiger partial charge in [0.1, 0.15) is 0 Å². The monoisotopic (exact) mass is 316 g/mol. The number of nitrogens with one attached hydrogen (secondary N) is 1. The van der Waals surface area contributed by atoms with Gasteiger partial charge in [-0.3, -0.25) is 0 Å². The summed E-state index contributed by atoms with van der Waals surface area (Å²) in [5.41, 5.74) is 0.959. The van der Waals surface area contributed by atoms with Crippen molar-refractivity contribution in [3.63, 3.8) is 0 Å². The summed E-state index contributed by atoms with van der Waals surface area (Å²) in [4.78, 5) is 13.3. The minimum atomic E-state index is -0.230. The number of benzene rings is 1. The number of hydrogen-bond acceptors (Lipinski definition) is 2. The number of aliphatic hydroxyl groups is 1. The molecule has 0 heterocycles. The van der Waals surface area contributed by atoms with Gasteiger partial charge in [-0.15, -0.1) is 6.58 Å². The molecule has 0 fully saturated rings. The Bertz CT molecular complexity index is 446. The standard InChI is InChI=1S/C14H18Cl2N2O2/c1-2-5-18(6-7-19)14(20)17-4-3-11-8-12(15)10-13(16)9-11/h2,8-10,19H,1,3-7H2,(H,17,20). The van der Waals surface area contributed by atoms with Crippen molar-refractivity contribution in [3.05, 3.63) is 46.5 Å². The average Bonchev–Trinajstić information content (AvgIpc) is 2.37. The third kappa shape index (κ3) is 5.82. The zero-order valence-electron chi connectivity index (χ0n) is 11.1. The quantitative estimate of drug-likeness (QED) is 0.760. The molecule has 110 valence electrons. The van der Waals surface area contributed by atoms with E-state index in [9.17, 15) is 4.79 Å². The van der Waals surface area contributed by atoms with E-state index in [2.05, 4.69) is 11.9 Å². The lowest BCUT2D eigenvalue weighted by atomic mass is 10.1. The first-order chi connectivity index (χ1) is 9.56. The second-order valence-corrected chi connectivity index (χ2v) is 5.09. The van der Waals surface area contributed by atoms with Crippen LogP contribution in [-0.2, 0) is 6.42 Å². The number of urea groups is 1. The number of carbonyl (C=O) groups is 1. The molecule has 2 amide bonds. The van der Waals surface area contributed by atoms with Crippen molar-refractivity contribution >= 4 is 29.2 Å². The Morgan fingerprint density at radius 2 is 2.00 bits per heavy atom. The summed E-state index contributed by atoms with van der Waals surface area (Å²) >= 11 is 11.8.